The summed E-state index contributed by atoms with van der Waals surface area (Å²) in [5.74, 6) is -1.91. The third-order valence-electron chi connectivity index (χ3n) is 4.99. The van der Waals surface area contributed by atoms with Gasteiger partial charge in [-0.25, -0.2) is 8.78 Å². The minimum absolute atomic E-state index is 0.115. The molecule has 2 N–H and O–H groups in total. The average molecular weight is 428 g/mol. The summed E-state index contributed by atoms with van der Waals surface area (Å²) in [4.78, 5) is 29.1. The van der Waals surface area contributed by atoms with E-state index in [0.717, 1.165) is 6.07 Å². The lowest BCUT2D eigenvalue weighted by atomic mass is 10.0. The van der Waals surface area contributed by atoms with Gasteiger partial charge >= 0.3 is 0 Å². The number of fused-ring (bicyclic) bond motifs is 1. The van der Waals surface area contributed by atoms with Crippen LogP contribution in [-0.4, -0.2) is 16.8 Å². The van der Waals surface area contributed by atoms with Crippen LogP contribution in [0.4, 0.5) is 14.5 Å². The van der Waals surface area contributed by atoms with Gasteiger partial charge in [-0.05, 0) is 60.9 Å². The SMILES string of the molecule is O=C(NC1CCc2c(C(=O)Nc3ccc(F)c(Cl)c3)ccc(F)c21)c1cccnc1. The quantitative estimate of drug-likeness (QED) is 0.635. The number of hydrogen-bond acceptors (Lipinski definition) is 3. The second-order valence-electron chi connectivity index (χ2n) is 6.88. The number of carbonyl (C=O) groups excluding carboxylic acids is 2. The summed E-state index contributed by atoms with van der Waals surface area (Å²) in [6.45, 7) is 0. The summed E-state index contributed by atoms with van der Waals surface area (Å²) in [6.07, 6.45) is 3.88. The monoisotopic (exact) mass is 427 g/mol. The molecular formula is C22H16ClF2N3O2. The van der Waals surface area contributed by atoms with Crippen LogP contribution in [0, 0.1) is 11.6 Å². The molecule has 2 aromatic carbocycles. The van der Waals surface area contributed by atoms with Crippen LogP contribution in [0.5, 0.6) is 0 Å². The van der Waals surface area contributed by atoms with Gasteiger partial charge in [0.15, 0.2) is 0 Å². The van der Waals surface area contributed by atoms with Crippen molar-refractivity contribution >= 4 is 29.1 Å². The summed E-state index contributed by atoms with van der Waals surface area (Å²) in [5.41, 5.74) is 1.83. The molecule has 1 aliphatic carbocycles. The second kappa shape index (κ2) is 8.20. The number of nitrogens with one attached hydrogen (secondary N) is 2. The zero-order valence-electron chi connectivity index (χ0n) is 15.6. The van der Waals surface area contributed by atoms with Crippen molar-refractivity contribution in [3.63, 3.8) is 0 Å². The highest BCUT2D eigenvalue weighted by atomic mass is 35.5. The molecule has 0 radical (unpaired) electrons. The van der Waals surface area contributed by atoms with Crippen molar-refractivity contribution in [1.82, 2.24) is 10.3 Å². The van der Waals surface area contributed by atoms with Crippen LogP contribution in [0.2, 0.25) is 5.02 Å². The summed E-state index contributed by atoms with van der Waals surface area (Å²) in [7, 11) is 0. The van der Waals surface area contributed by atoms with Crippen LogP contribution in [0.25, 0.3) is 0 Å². The van der Waals surface area contributed by atoms with Gasteiger partial charge in [0.1, 0.15) is 11.6 Å². The number of nitrogens with zero attached hydrogens (tertiary/aromatic N) is 1. The summed E-state index contributed by atoms with van der Waals surface area (Å²) in [6, 6.07) is 9.15. The van der Waals surface area contributed by atoms with Gasteiger partial charge in [0, 0.05) is 29.2 Å². The van der Waals surface area contributed by atoms with Gasteiger partial charge in [0.2, 0.25) is 0 Å². The Labute approximate surface area is 176 Å². The van der Waals surface area contributed by atoms with Crippen LogP contribution in [0.3, 0.4) is 0 Å². The standard InChI is InChI=1S/C22H16ClF2N3O2/c23-16-10-13(3-6-17(16)24)27-22(30)15-4-7-18(25)20-14(15)5-8-19(20)28-21(29)12-2-1-9-26-11-12/h1-4,6-7,9-11,19H,5,8H2,(H,27,30)(H,28,29). The normalized spacial score (nSPS) is 14.8. The number of anilines is 1. The van der Waals surface area contributed by atoms with Crippen LogP contribution in [-0.2, 0) is 6.42 Å². The number of pyridine rings is 1. The van der Waals surface area contributed by atoms with E-state index in [0.29, 0.717) is 40.8 Å². The molecular weight excluding hydrogens is 412 g/mol. The molecule has 1 unspecified atom stereocenters. The highest BCUT2D eigenvalue weighted by Crippen LogP contribution is 2.36. The Morgan fingerprint density at radius 1 is 1.07 bits per heavy atom. The van der Waals surface area contributed by atoms with Crippen molar-refractivity contribution in [2.45, 2.75) is 18.9 Å². The molecule has 0 saturated carbocycles. The molecule has 0 fully saturated rings. The molecule has 30 heavy (non-hydrogen) atoms. The van der Waals surface area contributed by atoms with E-state index < -0.39 is 23.6 Å². The van der Waals surface area contributed by atoms with Gasteiger partial charge in [-0.15, -0.1) is 0 Å². The maximum atomic E-state index is 14.6. The van der Waals surface area contributed by atoms with Crippen molar-refractivity contribution in [1.29, 1.82) is 0 Å². The fraction of sp³-hybridized carbons (Fsp3) is 0.136. The molecule has 152 valence electrons. The predicted molar refractivity (Wildman–Crippen MR) is 109 cm³/mol. The van der Waals surface area contributed by atoms with E-state index in [-0.39, 0.29) is 10.9 Å². The van der Waals surface area contributed by atoms with E-state index in [1.165, 1.54) is 30.5 Å². The smallest absolute Gasteiger partial charge is 0.255 e. The molecule has 1 atom stereocenters. The lowest BCUT2D eigenvalue weighted by molar-refractivity contribution is 0.0935. The lowest BCUT2D eigenvalue weighted by Gasteiger charge is -2.16. The third kappa shape index (κ3) is 3.89. The Morgan fingerprint density at radius 3 is 2.60 bits per heavy atom. The van der Waals surface area contributed by atoms with Crippen molar-refractivity contribution < 1.29 is 18.4 Å². The highest BCUT2D eigenvalue weighted by Gasteiger charge is 2.31. The lowest BCUT2D eigenvalue weighted by Crippen LogP contribution is -2.28. The summed E-state index contributed by atoms with van der Waals surface area (Å²) < 4.78 is 27.9. The van der Waals surface area contributed by atoms with Crippen molar-refractivity contribution in [2.75, 3.05) is 5.32 Å². The van der Waals surface area contributed by atoms with Gasteiger partial charge < -0.3 is 10.6 Å². The third-order valence-corrected chi connectivity index (χ3v) is 5.28. The highest BCUT2D eigenvalue weighted by molar-refractivity contribution is 6.31. The molecule has 5 nitrogen and oxygen atoms in total. The molecule has 0 saturated heterocycles. The van der Waals surface area contributed by atoms with E-state index in [4.69, 9.17) is 11.6 Å². The van der Waals surface area contributed by atoms with Gasteiger partial charge in [-0.3, -0.25) is 14.6 Å². The Kier molecular flexibility index (Phi) is 5.46. The maximum absolute atomic E-state index is 14.6. The van der Waals surface area contributed by atoms with E-state index >= 15 is 0 Å². The molecule has 1 heterocycles. The number of rotatable bonds is 4. The van der Waals surface area contributed by atoms with Gasteiger partial charge in [0.05, 0.1) is 16.6 Å². The molecule has 0 spiro atoms. The molecule has 4 rings (SSSR count). The van der Waals surface area contributed by atoms with E-state index in [1.54, 1.807) is 18.3 Å². The zero-order valence-corrected chi connectivity index (χ0v) is 16.3. The Bertz CT molecular complexity index is 1140. The minimum Gasteiger partial charge on any atom is -0.345 e. The van der Waals surface area contributed by atoms with Crippen molar-refractivity contribution in [3.8, 4) is 0 Å². The second-order valence-corrected chi connectivity index (χ2v) is 7.28. The first-order valence-corrected chi connectivity index (χ1v) is 9.60. The molecule has 0 bridgehead atoms. The first-order valence-electron chi connectivity index (χ1n) is 9.22. The Balaban J connectivity index is 1.58. The number of hydrogen-bond donors (Lipinski definition) is 2. The number of amides is 2. The maximum Gasteiger partial charge on any atom is 0.255 e. The molecule has 3 aromatic rings. The molecule has 0 aliphatic heterocycles. The van der Waals surface area contributed by atoms with E-state index in [2.05, 4.69) is 15.6 Å². The fourth-order valence-corrected chi connectivity index (χ4v) is 3.76. The molecule has 1 aromatic heterocycles. The molecule has 2 amide bonds. The van der Waals surface area contributed by atoms with Gasteiger partial charge in [-0.1, -0.05) is 11.6 Å². The van der Waals surface area contributed by atoms with Crippen molar-refractivity contribution in [2.24, 2.45) is 0 Å². The van der Waals surface area contributed by atoms with Crippen LogP contribution in [0.1, 0.15) is 44.3 Å². The van der Waals surface area contributed by atoms with Gasteiger partial charge in [-0.2, -0.15) is 0 Å². The van der Waals surface area contributed by atoms with Gasteiger partial charge in [0.25, 0.3) is 11.8 Å². The predicted octanol–water partition coefficient (Wildman–Crippen LogP) is 4.68. The molecule has 8 heteroatoms. The topological polar surface area (TPSA) is 71.1 Å². The Hall–Kier alpha value is -3.32. The fourth-order valence-electron chi connectivity index (χ4n) is 3.58. The summed E-state index contributed by atoms with van der Waals surface area (Å²) in [5, 5.41) is 5.35. The van der Waals surface area contributed by atoms with Crippen LogP contribution >= 0.6 is 11.6 Å². The van der Waals surface area contributed by atoms with E-state index in [1.807, 2.05) is 0 Å². The number of aromatic nitrogens is 1. The first kappa shape index (κ1) is 20.0. The van der Waals surface area contributed by atoms with E-state index in [9.17, 15) is 18.4 Å². The Morgan fingerprint density at radius 2 is 1.87 bits per heavy atom. The van der Waals surface area contributed by atoms with Crippen LogP contribution < -0.4 is 10.6 Å². The largest absolute Gasteiger partial charge is 0.345 e. The summed E-state index contributed by atoms with van der Waals surface area (Å²) >= 11 is 5.76. The number of benzene rings is 2. The number of halogens is 3. The molecule has 1 aliphatic rings. The van der Waals surface area contributed by atoms with Crippen molar-refractivity contribution in [3.05, 3.63) is 93.8 Å². The average Bonchev–Trinajstić information content (AvgIpc) is 3.16. The zero-order chi connectivity index (χ0) is 21.3. The minimum atomic E-state index is -0.593. The number of carbonyl (C=O) groups is 2. The first-order chi connectivity index (χ1) is 14.4. The van der Waals surface area contributed by atoms with Crippen LogP contribution in [0.15, 0.2) is 54.9 Å².